The first kappa shape index (κ1) is 10.9. The molecule has 3 nitrogen and oxygen atoms in total. The van der Waals surface area contributed by atoms with Gasteiger partial charge >= 0.3 is 0 Å². The van der Waals surface area contributed by atoms with E-state index in [2.05, 4.69) is 0 Å². The van der Waals surface area contributed by atoms with Crippen LogP contribution >= 0.6 is 11.6 Å². The lowest BCUT2D eigenvalue weighted by molar-refractivity contribution is 0.318. The van der Waals surface area contributed by atoms with Gasteiger partial charge in [0.2, 0.25) is 0 Å². The average Bonchev–Trinajstić information content (AvgIpc) is 2.19. The lowest BCUT2D eigenvalue weighted by Gasteiger charge is -2.11. The first-order valence-corrected chi connectivity index (χ1v) is 4.43. The summed E-state index contributed by atoms with van der Waals surface area (Å²) in [5.41, 5.74) is 5.26. The molecule has 0 aromatic heterocycles. The summed E-state index contributed by atoms with van der Waals surface area (Å²) in [6.45, 7) is 2.10. The lowest BCUT2D eigenvalue weighted by Crippen LogP contribution is -2.01. The Morgan fingerprint density at radius 1 is 1.50 bits per heavy atom. The maximum absolute atomic E-state index is 13.4. The molecule has 0 saturated heterocycles. The van der Waals surface area contributed by atoms with E-state index in [1.807, 2.05) is 0 Å². The van der Waals surface area contributed by atoms with Crippen molar-refractivity contribution in [2.45, 2.75) is 6.92 Å². The minimum absolute atomic E-state index is 0.0475. The average molecular weight is 220 g/mol. The Labute approximate surface area is 86.6 Å². The molecule has 0 atom stereocenters. The number of rotatable bonds is 3. The van der Waals surface area contributed by atoms with Crippen LogP contribution in [0.15, 0.2) is 6.07 Å². The molecule has 0 aliphatic rings. The van der Waals surface area contributed by atoms with E-state index in [9.17, 15) is 4.39 Å². The van der Waals surface area contributed by atoms with Crippen LogP contribution in [0.3, 0.4) is 0 Å². The highest BCUT2D eigenvalue weighted by Crippen LogP contribution is 2.37. The van der Waals surface area contributed by atoms with Crippen molar-refractivity contribution in [3.8, 4) is 11.5 Å². The molecule has 0 saturated carbocycles. The van der Waals surface area contributed by atoms with Crippen molar-refractivity contribution in [3.63, 3.8) is 0 Å². The van der Waals surface area contributed by atoms with Crippen LogP contribution in [0.1, 0.15) is 6.92 Å². The lowest BCUT2D eigenvalue weighted by atomic mass is 10.2. The number of benzene rings is 1. The van der Waals surface area contributed by atoms with Crippen LogP contribution in [0.25, 0.3) is 0 Å². The molecular weight excluding hydrogens is 209 g/mol. The molecule has 0 radical (unpaired) electrons. The molecule has 14 heavy (non-hydrogen) atoms. The molecule has 1 aromatic rings. The minimum Gasteiger partial charge on any atom is -0.495 e. The zero-order valence-corrected chi connectivity index (χ0v) is 8.69. The van der Waals surface area contributed by atoms with Gasteiger partial charge in [-0.1, -0.05) is 11.6 Å². The van der Waals surface area contributed by atoms with Gasteiger partial charge in [0, 0.05) is 6.07 Å². The molecule has 5 heteroatoms. The van der Waals surface area contributed by atoms with Crippen molar-refractivity contribution in [2.24, 2.45) is 0 Å². The molecule has 0 bridgehead atoms. The van der Waals surface area contributed by atoms with Crippen molar-refractivity contribution < 1.29 is 13.9 Å². The summed E-state index contributed by atoms with van der Waals surface area (Å²) >= 11 is 5.73. The first-order chi connectivity index (χ1) is 6.61. The molecule has 0 heterocycles. The molecule has 0 amide bonds. The molecule has 0 aliphatic heterocycles. The van der Waals surface area contributed by atoms with Crippen LogP contribution in [0, 0.1) is 5.82 Å². The van der Waals surface area contributed by atoms with Gasteiger partial charge in [0.25, 0.3) is 0 Å². The van der Waals surface area contributed by atoms with E-state index in [0.717, 1.165) is 0 Å². The van der Waals surface area contributed by atoms with E-state index in [1.54, 1.807) is 6.92 Å². The smallest absolute Gasteiger partial charge is 0.189 e. The standard InChI is InChI=1S/C9H11ClFNO2/c1-3-14-6-4-5(13-2)7(10)9(12)8(6)11/h4H,3,12H2,1-2H3. The van der Waals surface area contributed by atoms with Gasteiger partial charge in [-0.2, -0.15) is 0 Å². The van der Waals surface area contributed by atoms with Gasteiger partial charge in [0.15, 0.2) is 11.6 Å². The fourth-order valence-corrected chi connectivity index (χ4v) is 1.23. The van der Waals surface area contributed by atoms with Crippen LogP contribution in [-0.4, -0.2) is 13.7 Å². The molecular formula is C9H11ClFNO2. The van der Waals surface area contributed by atoms with Gasteiger partial charge in [-0.05, 0) is 6.92 Å². The third-order valence-electron chi connectivity index (χ3n) is 1.69. The van der Waals surface area contributed by atoms with E-state index in [4.69, 9.17) is 26.8 Å². The molecule has 78 valence electrons. The Morgan fingerprint density at radius 2 is 2.14 bits per heavy atom. The Morgan fingerprint density at radius 3 is 2.64 bits per heavy atom. The van der Waals surface area contributed by atoms with Crippen molar-refractivity contribution >= 4 is 17.3 Å². The summed E-state index contributed by atoms with van der Waals surface area (Å²) in [6.07, 6.45) is 0. The van der Waals surface area contributed by atoms with Gasteiger partial charge in [0.1, 0.15) is 10.8 Å². The summed E-state index contributed by atoms with van der Waals surface area (Å²) in [4.78, 5) is 0. The van der Waals surface area contributed by atoms with E-state index in [0.29, 0.717) is 12.4 Å². The van der Waals surface area contributed by atoms with Crippen molar-refractivity contribution in [3.05, 3.63) is 16.9 Å². The zero-order valence-electron chi connectivity index (χ0n) is 7.93. The van der Waals surface area contributed by atoms with Gasteiger partial charge in [-0.25, -0.2) is 4.39 Å². The number of ether oxygens (including phenoxy) is 2. The van der Waals surface area contributed by atoms with Crippen molar-refractivity contribution in [2.75, 3.05) is 19.5 Å². The molecule has 0 unspecified atom stereocenters. The Kier molecular flexibility index (Phi) is 3.41. The number of methoxy groups -OCH3 is 1. The van der Waals surface area contributed by atoms with Gasteiger partial charge < -0.3 is 15.2 Å². The van der Waals surface area contributed by atoms with Crippen molar-refractivity contribution in [1.29, 1.82) is 0 Å². The summed E-state index contributed by atoms with van der Waals surface area (Å²) in [5, 5.41) is 0.0634. The molecule has 1 aromatic carbocycles. The predicted molar refractivity (Wildman–Crippen MR) is 53.5 cm³/mol. The number of nitrogen functional groups attached to an aromatic ring is 1. The maximum atomic E-state index is 13.4. The van der Waals surface area contributed by atoms with E-state index in [-0.39, 0.29) is 16.5 Å². The Bertz CT molecular complexity index is 344. The summed E-state index contributed by atoms with van der Waals surface area (Å²) in [6, 6.07) is 1.37. The fraction of sp³-hybridized carbons (Fsp3) is 0.333. The summed E-state index contributed by atoms with van der Waals surface area (Å²) in [7, 11) is 1.42. The molecule has 0 aliphatic carbocycles. The monoisotopic (exact) mass is 219 g/mol. The maximum Gasteiger partial charge on any atom is 0.189 e. The zero-order chi connectivity index (χ0) is 10.7. The number of halogens is 2. The van der Waals surface area contributed by atoms with Crippen LogP contribution in [0.5, 0.6) is 11.5 Å². The third-order valence-corrected chi connectivity index (χ3v) is 2.08. The Hall–Kier alpha value is -1.16. The number of hydrogen-bond donors (Lipinski definition) is 1. The Balaban J connectivity index is 3.25. The second-order valence-electron chi connectivity index (χ2n) is 2.55. The SMILES string of the molecule is CCOc1cc(OC)c(Cl)c(N)c1F. The quantitative estimate of drug-likeness (QED) is 0.795. The number of hydrogen-bond acceptors (Lipinski definition) is 3. The summed E-state index contributed by atoms with van der Waals surface area (Å²) < 4.78 is 23.3. The highest BCUT2D eigenvalue weighted by atomic mass is 35.5. The first-order valence-electron chi connectivity index (χ1n) is 4.06. The van der Waals surface area contributed by atoms with Gasteiger partial charge in [0.05, 0.1) is 19.4 Å². The fourth-order valence-electron chi connectivity index (χ4n) is 1.02. The van der Waals surface area contributed by atoms with Crippen LogP contribution < -0.4 is 15.2 Å². The molecule has 0 spiro atoms. The van der Waals surface area contributed by atoms with E-state index in [1.165, 1.54) is 13.2 Å². The number of anilines is 1. The molecule has 0 fully saturated rings. The van der Waals surface area contributed by atoms with Crippen LogP contribution in [-0.2, 0) is 0 Å². The topological polar surface area (TPSA) is 44.5 Å². The largest absolute Gasteiger partial charge is 0.495 e. The summed E-state index contributed by atoms with van der Waals surface area (Å²) in [5.74, 6) is -0.307. The minimum atomic E-state index is -0.655. The second-order valence-corrected chi connectivity index (χ2v) is 2.93. The van der Waals surface area contributed by atoms with Crippen molar-refractivity contribution in [1.82, 2.24) is 0 Å². The molecule has 1 rings (SSSR count). The van der Waals surface area contributed by atoms with Gasteiger partial charge in [-0.3, -0.25) is 0 Å². The van der Waals surface area contributed by atoms with Crippen LogP contribution in [0.2, 0.25) is 5.02 Å². The predicted octanol–water partition coefficient (Wildman–Crippen LogP) is 2.47. The van der Waals surface area contributed by atoms with Gasteiger partial charge in [-0.15, -0.1) is 0 Å². The third kappa shape index (κ3) is 1.85. The second kappa shape index (κ2) is 4.37. The number of nitrogens with two attached hydrogens (primary N) is 1. The van der Waals surface area contributed by atoms with E-state index >= 15 is 0 Å². The normalized spacial score (nSPS) is 10.0. The van der Waals surface area contributed by atoms with Crippen LogP contribution in [0.4, 0.5) is 10.1 Å². The molecule has 2 N–H and O–H groups in total. The highest BCUT2D eigenvalue weighted by Gasteiger charge is 2.15. The highest BCUT2D eigenvalue weighted by molar-refractivity contribution is 6.34. The van der Waals surface area contributed by atoms with E-state index < -0.39 is 5.82 Å².